The van der Waals surface area contributed by atoms with Crippen molar-refractivity contribution in [3.8, 4) is 17.6 Å². The predicted molar refractivity (Wildman–Crippen MR) is 104 cm³/mol. The van der Waals surface area contributed by atoms with Crippen LogP contribution in [-0.4, -0.2) is 31.7 Å². The number of nitriles is 1. The summed E-state index contributed by atoms with van der Waals surface area (Å²) in [6, 6.07) is 11.0. The molecule has 0 spiro atoms. The Morgan fingerprint density at radius 2 is 1.96 bits per heavy atom. The first-order valence-electron chi connectivity index (χ1n) is 8.42. The van der Waals surface area contributed by atoms with E-state index in [1.807, 2.05) is 13.0 Å². The van der Waals surface area contributed by atoms with Crippen LogP contribution in [0.1, 0.15) is 29.8 Å². The Labute approximate surface area is 167 Å². The number of methoxy groups -OCH3 is 1. The Morgan fingerprint density at radius 1 is 1.21 bits per heavy atom. The second kappa shape index (κ2) is 9.62. The molecule has 2 rings (SSSR count). The number of carbonyl (C=O) groups is 2. The van der Waals surface area contributed by atoms with Crippen LogP contribution in [-0.2, 0) is 9.53 Å². The first-order chi connectivity index (χ1) is 13.4. The lowest BCUT2D eigenvalue weighted by Gasteiger charge is -2.15. The van der Waals surface area contributed by atoms with Gasteiger partial charge in [0.25, 0.3) is 5.91 Å². The van der Waals surface area contributed by atoms with Gasteiger partial charge in [-0.25, -0.2) is 4.79 Å². The summed E-state index contributed by atoms with van der Waals surface area (Å²) >= 11 is 5.94. The summed E-state index contributed by atoms with van der Waals surface area (Å²) in [5, 5.41) is 11.7. The molecular formula is C20H19ClN2O5. The van der Waals surface area contributed by atoms with Crippen LogP contribution in [0.3, 0.4) is 0 Å². The minimum Gasteiger partial charge on any atom is -0.493 e. The molecule has 0 saturated carbocycles. The highest BCUT2D eigenvalue weighted by atomic mass is 35.5. The Hall–Kier alpha value is -3.24. The highest BCUT2D eigenvalue weighted by Gasteiger charge is 2.20. The average molecular weight is 403 g/mol. The van der Waals surface area contributed by atoms with E-state index in [0.717, 1.165) is 0 Å². The van der Waals surface area contributed by atoms with Crippen LogP contribution in [0, 0.1) is 11.3 Å². The molecular weight excluding hydrogens is 384 g/mol. The first-order valence-corrected chi connectivity index (χ1v) is 8.79. The lowest BCUT2D eigenvalue weighted by Crippen LogP contribution is -2.30. The molecule has 0 radical (unpaired) electrons. The van der Waals surface area contributed by atoms with Crippen molar-refractivity contribution in [1.29, 1.82) is 5.26 Å². The standard InChI is InChI=1S/C20H19ClN2O5/c1-4-27-18-9-13(6-8-17(18)26-3)20(25)28-12(2)19(24)23-15-7-5-14(11-22)16(21)10-15/h5-10,12H,4H2,1-3H3,(H,23,24)/t12-/m0/s1. The van der Waals surface area contributed by atoms with Gasteiger partial charge < -0.3 is 19.5 Å². The molecule has 1 atom stereocenters. The van der Waals surface area contributed by atoms with Crippen LogP contribution >= 0.6 is 11.6 Å². The third-order valence-corrected chi connectivity index (χ3v) is 4.02. The van der Waals surface area contributed by atoms with Crippen LogP contribution in [0.5, 0.6) is 11.5 Å². The lowest BCUT2D eigenvalue weighted by atomic mass is 10.2. The van der Waals surface area contributed by atoms with Crippen LogP contribution in [0.4, 0.5) is 5.69 Å². The van der Waals surface area contributed by atoms with Gasteiger partial charge >= 0.3 is 5.97 Å². The number of esters is 1. The minimum atomic E-state index is -1.06. The average Bonchev–Trinajstić information content (AvgIpc) is 2.68. The fraction of sp³-hybridized carbons (Fsp3) is 0.250. The Morgan fingerprint density at radius 3 is 2.57 bits per heavy atom. The summed E-state index contributed by atoms with van der Waals surface area (Å²) in [7, 11) is 1.50. The number of hydrogen-bond acceptors (Lipinski definition) is 6. The molecule has 146 valence electrons. The number of halogens is 1. The van der Waals surface area contributed by atoms with E-state index in [-0.39, 0.29) is 10.6 Å². The van der Waals surface area contributed by atoms with Gasteiger partial charge in [0.05, 0.1) is 29.9 Å². The number of ether oxygens (including phenoxy) is 3. The maximum atomic E-state index is 12.3. The molecule has 0 fully saturated rings. The number of anilines is 1. The normalized spacial score (nSPS) is 11.1. The van der Waals surface area contributed by atoms with Crippen molar-refractivity contribution in [2.45, 2.75) is 20.0 Å². The lowest BCUT2D eigenvalue weighted by molar-refractivity contribution is -0.123. The van der Waals surface area contributed by atoms with Crippen LogP contribution in [0.15, 0.2) is 36.4 Å². The Balaban J connectivity index is 2.05. The van der Waals surface area contributed by atoms with Crippen LogP contribution < -0.4 is 14.8 Å². The van der Waals surface area contributed by atoms with Crippen molar-refractivity contribution < 1.29 is 23.8 Å². The van der Waals surface area contributed by atoms with Gasteiger partial charge in [-0.3, -0.25) is 4.79 Å². The van der Waals surface area contributed by atoms with E-state index >= 15 is 0 Å². The molecule has 0 unspecified atom stereocenters. The molecule has 7 nitrogen and oxygen atoms in total. The van der Waals surface area contributed by atoms with Crippen molar-refractivity contribution in [2.75, 3.05) is 19.0 Å². The van der Waals surface area contributed by atoms with Gasteiger partial charge in [-0.2, -0.15) is 5.26 Å². The van der Waals surface area contributed by atoms with Gasteiger partial charge in [0.2, 0.25) is 0 Å². The molecule has 28 heavy (non-hydrogen) atoms. The summed E-state index contributed by atoms with van der Waals surface area (Å²) < 4.78 is 15.8. The maximum Gasteiger partial charge on any atom is 0.339 e. The summed E-state index contributed by atoms with van der Waals surface area (Å²) in [6.45, 7) is 3.67. The summed E-state index contributed by atoms with van der Waals surface area (Å²) in [6.07, 6.45) is -1.06. The molecule has 0 aromatic heterocycles. The summed E-state index contributed by atoms with van der Waals surface area (Å²) in [4.78, 5) is 24.6. The number of nitrogens with one attached hydrogen (secondary N) is 1. The maximum absolute atomic E-state index is 12.3. The van der Waals surface area contributed by atoms with Gasteiger partial charge in [0.1, 0.15) is 6.07 Å². The number of nitrogens with zero attached hydrogens (tertiary/aromatic N) is 1. The topological polar surface area (TPSA) is 97.6 Å². The third-order valence-electron chi connectivity index (χ3n) is 3.71. The van der Waals surface area contributed by atoms with Crippen LogP contribution in [0.2, 0.25) is 5.02 Å². The second-order valence-corrected chi connectivity index (χ2v) is 6.05. The largest absolute Gasteiger partial charge is 0.493 e. The highest BCUT2D eigenvalue weighted by molar-refractivity contribution is 6.32. The third kappa shape index (κ3) is 5.15. The van der Waals surface area contributed by atoms with Crippen molar-refractivity contribution >= 4 is 29.2 Å². The zero-order valence-electron chi connectivity index (χ0n) is 15.6. The van der Waals surface area contributed by atoms with E-state index in [2.05, 4.69) is 5.32 Å². The van der Waals surface area contributed by atoms with E-state index in [9.17, 15) is 9.59 Å². The van der Waals surface area contributed by atoms with Gasteiger partial charge in [0, 0.05) is 5.69 Å². The Kier molecular flexibility index (Phi) is 7.24. The fourth-order valence-corrected chi connectivity index (χ4v) is 2.50. The summed E-state index contributed by atoms with van der Waals surface area (Å²) in [5.41, 5.74) is 0.911. The minimum absolute atomic E-state index is 0.214. The number of rotatable bonds is 7. The first kappa shape index (κ1) is 21.1. The number of hydrogen-bond donors (Lipinski definition) is 1. The molecule has 0 heterocycles. The van der Waals surface area contributed by atoms with Gasteiger partial charge in [-0.05, 0) is 50.2 Å². The molecule has 0 saturated heterocycles. The molecule has 8 heteroatoms. The zero-order chi connectivity index (χ0) is 20.7. The molecule has 0 aliphatic carbocycles. The van der Waals surface area contributed by atoms with Gasteiger partial charge in [-0.1, -0.05) is 11.6 Å². The summed E-state index contributed by atoms with van der Waals surface area (Å²) in [5.74, 6) is -0.317. The van der Waals surface area contributed by atoms with E-state index in [1.165, 1.54) is 44.4 Å². The number of carbonyl (C=O) groups excluding carboxylic acids is 2. The number of amides is 1. The molecule has 1 amide bonds. The Bertz CT molecular complexity index is 923. The van der Waals surface area contributed by atoms with Crippen LogP contribution in [0.25, 0.3) is 0 Å². The monoisotopic (exact) mass is 402 g/mol. The predicted octanol–water partition coefficient (Wildman–Crippen LogP) is 3.80. The van der Waals surface area contributed by atoms with Crippen molar-refractivity contribution in [3.05, 3.63) is 52.5 Å². The smallest absolute Gasteiger partial charge is 0.339 e. The van der Waals surface area contributed by atoms with E-state index in [1.54, 1.807) is 6.07 Å². The van der Waals surface area contributed by atoms with E-state index in [4.69, 9.17) is 31.1 Å². The molecule has 0 aliphatic heterocycles. The van der Waals surface area contributed by atoms with Crippen molar-refractivity contribution in [3.63, 3.8) is 0 Å². The molecule has 2 aromatic rings. The molecule has 0 aliphatic rings. The second-order valence-electron chi connectivity index (χ2n) is 5.64. The molecule has 0 bridgehead atoms. The number of benzene rings is 2. The SMILES string of the molecule is CCOc1cc(C(=O)O[C@@H](C)C(=O)Nc2ccc(C#N)c(Cl)c2)ccc1OC. The molecule has 1 N–H and O–H groups in total. The van der Waals surface area contributed by atoms with Crippen molar-refractivity contribution in [1.82, 2.24) is 0 Å². The molecule has 2 aromatic carbocycles. The highest BCUT2D eigenvalue weighted by Crippen LogP contribution is 2.28. The van der Waals surface area contributed by atoms with Gasteiger partial charge in [0.15, 0.2) is 17.6 Å². The van der Waals surface area contributed by atoms with Crippen molar-refractivity contribution in [2.24, 2.45) is 0 Å². The fourth-order valence-electron chi connectivity index (χ4n) is 2.28. The zero-order valence-corrected chi connectivity index (χ0v) is 16.4. The van der Waals surface area contributed by atoms with E-state index < -0.39 is 18.0 Å². The quantitative estimate of drug-likeness (QED) is 0.707. The van der Waals surface area contributed by atoms with E-state index in [0.29, 0.717) is 29.4 Å². The van der Waals surface area contributed by atoms with Gasteiger partial charge in [-0.15, -0.1) is 0 Å².